The van der Waals surface area contributed by atoms with E-state index in [1.54, 1.807) is 11.3 Å². The number of thiazole rings is 1. The first-order valence-electron chi connectivity index (χ1n) is 6.16. The van der Waals surface area contributed by atoms with Crippen molar-refractivity contribution in [2.45, 2.75) is 0 Å². The molecule has 3 heteroatoms. The molecule has 1 aromatic heterocycles. The van der Waals surface area contributed by atoms with E-state index in [4.69, 9.17) is 4.98 Å². The van der Waals surface area contributed by atoms with Crippen molar-refractivity contribution in [1.29, 1.82) is 0 Å². The standard InChI is InChI=1S/C16H14N2S/c1-17-14-9-7-13(8-10-14)16-18-15(11-19-16)12-5-3-2-4-6-12/h2-11,17H,1H3. The first kappa shape index (κ1) is 11.9. The molecule has 0 saturated heterocycles. The fourth-order valence-electron chi connectivity index (χ4n) is 1.93. The number of hydrogen-bond donors (Lipinski definition) is 1. The Morgan fingerprint density at radius 3 is 2.32 bits per heavy atom. The third-order valence-corrected chi connectivity index (χ3v) is 3.89. The molecule has 0 aliphatic rings. The molecule has 0 aliphatic heterocycles. The highest BCUT2D eigenvalue weighted by molar-refractivity contribution is 7.13. The molecule has 0 fully saturated rings. The lowest BCUT2D eigenvalue weighted by Crippen LogP contribution is -1.86. The van der Waals surface area contributed by atoms with Gasteiger partial charge in [0.2, 0.25) is 0 Å². The largest absolute Gasteiger partial charge is 0.388 e. The molecular formula is C16H14N2S. The lowest BCUT2D eigenvalue weighted by atomic mass is 10.2. The maximum atomic E-state index is 4.70. The third-order valence-electron chi connectivity index (χ3n) is 2.99. The van der Waals surface area contributed by atoms with Gasteiger partial charge in [0, 0.05) is 29.2 Å². The summed E-state index contributed by atoms with van der Waals surface area (Å²) in [5.41, 5.74) is 4.48. The predicted molar refractivity (Wildman–Crippen MR) is 82.5 cm³/mol. The van der Waals surface area contributed by atoms with Crippen LogP contribution in [0.1, 0.15) is 0 Å². The van der Waals surface area contributed by atoms with Gasteiger partial charge in [0.25, 0.3) is 0 Å². The van der Waals surface area contributed by atoms with Gasteiger partial charge in [0.1, 0.15) is 5.01 Å². The van der Waals surface area contributed by atoms with Crippen LogP contribution in [0.25, 0.3) is 21.8 Å². The van der Waals surface area contributed by atoms with E-state index in [1.165, 1.54) is 0 Å². The SMILES string of the molecule is CNc1ccc(-c2nc(-c3ccccc3)cs2)cc1. The molecular weight excluding hydrogens is 252 g/mol. The van der Waals surface area contributed by atoms with Crippen LogP contribution in [0, 0.1) is 0 Å². The minimum absolute atomic E-state index is 1.04. The van der Waals surface area contributed by atoms with E-state index >= 15 is 0 Å². The van der Waals surface area contributed by atoms with E-state index in [-0.39, 0.29) is 0 Å². The van der Waals surface area contributed by atoms with Crippen LogP contribution in [0.4, 0.5) is 5.69 Å². The van der Waals surface area contributed by atoms with Crippen molar-refractivity contribution in [3.63, 3.8) is 0 Å². The van der Waals surface area contributed by atoms with Crippen molar-refractivity contribution >= 4 is 17.0 Å². The van der Waals surface area contributed by atoms with E-state index < -0.39 is 0 Å². The average Bonchev–Trinajstić information content (AvgIpc) is 2.98. The highest BCUT2D eigenvalue weighted by Gasteiger charge is 2.06. The Labute approximate surface area is 116 Å². The molecule has 0 atom stereocenters. The first-order chi connectivity index (χ1) is 9.36. The van der Waals surface area contributed by atoms with Gasteiger partial charge < -0.3 is 5.32 Å². The molecule has 0 spiro atoms. The molecule has 2 nitrogen and oxygen atoms in total. The van der Waals surface area contributed by atoms with Gasteiger partial charge >= 0.3 is 0 Å². The molecule has 0 radical (unpaired) electrons. The van der Waals surface area contributed by atoms with Crippen LogP contribution >= 0.6 is 11.3 Å². The van der Waals surface area contributed by atoms with E-state index in [0.29, 0.717) is 0 Å². The molecule has 3 aromatic rings. The number of anilines is 1. The number of benzene rings is 2. The average molecular weight is 266 g/mol. The lowest BCUT2D eigenvalue weighted by molar-refractivity contribution is 1.40. The summed E-state index contributed by atoms with van der Waals surface area (Å²) in [6.45, 7) is 0. The molecule has 94 valence electrons. The minimum atomic E-state index is 1.04. The zero-order chi connectivity index (χ0) is 13.1. The van der Waals surface area contributed by atoms with Gasteiger partial charge in [-0.3, -0.25) is 0 Å². The topological polar surface area (TPSA) is 24.9 Å². The van der Waals surface area contributed by atoms with Gasteiger partial charge in [0.15, 0.2) is 0 Å². The third kappa shape index (κ3) is 2.51. The quantitative estimate of drug-likeness (QED) is 0.754. The Bertz CT molecular complexity index is 657. The van der Waals surface area contributed by atoms with Crippen LogP contribution in [0.3, 0.4) is 0 Å². The fraction of sp³-hybridized carbons (Fsp3) is 0.0625. The van der Waals surface area contributed by atoms with Crippen molar-refractivity contribution in [3.8, 4) is 21.8 Å². The summed E-state index contributed by atoms with van der Waals surface area (Å²) in [5, 5.41) is 6.28. The monoisotopic (exact) mass is 266 g/mol. The van der Waals surface area contributed by atoms with Crippen LogP contribution in [-0.2, 0) is 0 Å². The molecule has 0 saturated carbocycles. The van der Waals surface area contributed by atoms with E-state index in [1.807, 2.05) is 25.2 Å². The predicted octanol–water partition coefficient (Wildman–Crippen LogP) is 4.52. The summed E-state index contributed by atoms with van der Waals surface area (Å²) in [6, 6.07) is 18.6. The summed E-state index contributed by atoms with van der Waals surface area (Å²) in [4.78, 5) is 4.70. The highest BCUT2D eigenvalue weighted by Crippen LogP contribution is 2.29. The van der Waals surface area contributed by atoms with Gasteiger partial charge in [-0.1, -0.05) is 30.3 Å². The Kier molecular flexibility index (Phi) is 3.29. The van der Waals surface area contributed by atoms with Crippen molar-refractivity contribution in [1.82, 2.24) is 4.98 Å². The Morgan fingerprint density at radius 2 is 1.63 bits per heavy atom. The van der Waals surface area contributed by atoms with Gasteiger partial charge in [-0.25, -0.2) is 4.98 Å². The minimum Gasteiger partial charge on any atom is -0.388 e. The van der Waals surface area contributed by atoms with Gasteiger partial charge in [-0.05, 0) is 24.3 Å². The number of rotatable bonds is 3. The second-order valence-electron chi connectivity index (χ2n) is 4.23. The van der Waals surface area contributed by atoms with Crippen molar-refractivity contribution in [2.24, 2.45) is 0 Å². The van der Waals surface area contributed by atoms with Gasteiger partial charge in [-0.2, -0.15) is 0 Å². The molecule has 1 heterocycles. The first-order valence-corrected chi connectivity index (χ1v) is 7.04. The normalized spacial score (nSPS) is 10.4. The van der Waals surface area contributed by atoms with E-state index in [2.05, 4.69) is 47.1 Å². The Balaban J connectivity index is 1.92. The highest BCUT2D eigenvalue weighted by atomic mass is 32.1. The summed E-state index contributed by atoms with van der Waals surface area (Å²) in [6.07, 6.45) is 0. The second-order valence-corrected chi connectivity index (χ2v) is 5.09. The van der Waals surface area contributed by atoms with E-state index in [9.17, 15) is 0 Å². The molecule has 0 amide bonds. The van der Waals surface area contributed by atoms with Crippen LogP contribution < -0.4 is 5.32 Å². The van der Waals surface area contributed by atoms with Crippen LogP contribution in [0.15, 0.2) is 60.0 Å². The maximum Gasteiger partial charge on any atom is 0.124 e. The molecule has 2 aromatic carbocycles. The van der Waals surface area contributed by atoms with Crippen LogP contribution in [0.5, 0.6) is 0 Å². The van der Waals surface area contributed by atoms with Gasteiger partial charge in [0.05, 0.1) is 5.69 Å². The maximum absolute atomic E-state index is 4.70. The second kappa shape index (κ2) is 5.24. The summed E-state index contributed by atoms with van der Waals surface area (Å²) >= 11 is 1.68. The van der Waals surface area contributed by atoms with Crippen molar-refractivity contribution in [3.05, 3.63) is 60.0 Å². The van der Waals surface area contributed by atoms with Gasteiger partial charge in [-0.15, -0.1) is 11.3 Å². The molecule has 19 heavy (non-hydrogen) atoms. The number of hydrogen-bond acceptors (Lipinski definition) is 3. The zero-order valence-electron chi connectivity index (χ0n) is 10.6. The Hall–Kier alpha value is -2.13. The molecule has 0 aliphatic carbocycles. The Morgan fingerprint density at radius 1 is 0.895 bits per heavy atom. The summed E-state index contributed by atoms with van der Waals surface area (Å²) in [7, 11) is 1.92. The van der Waals surface area contributed by atoms with E-state index in [0.717, 1.165) is 27.5 Å². The lowest BCUT2D eigenvalue weighted by Gasteiger charge is -2.00. The van der Waals surface area contributed by atoms with Crippen LogP contribution in [0.2, 0.25) is 0 Å². The number of aromatic nitrogens is 1. The molecule has 3 rings (SSSR count). The molecule has 0 unspecified atom stereocenters. The van der Waals surface area contributed by atoms with Crippen molar-refractivity contribution < 1.29 is 0 Å². The fourth-order valence-corrected chi connectivity index (χ4v) is 2.76. The molecule has 1 N–H and O–H groups in total. The van der Waals surface area contributed by atoms with Crippen LogP contribution in [-0.4, -0.2) is 12.0 Å². The van der Waals surface area contributed by atoms with Crippen molar-refractivity contribution in [2.75, 3.05) is 12.4 Å². The summed E-state index contributed by atoms with van der Waals surface area (Å²) < 4.78 is 0. The molecule has 0 bridgehead atoms. The smallest absolute Gasteiger partial charge is 0.124 e. The number of nitrogens with one attached hydrogen (secondary N) is 1. The zero-order valence-corrected chi connectivity index (χ0v) is 11.4. The summed E-state index contributed by atoms with van der Waals surface area (Å²) in [5.74, 6) is 0. The number of nitrogens with zero attached hydrogens (tertiary/aromatic N) is 1.